The maximum absolute atomic E-state index is 12.2. The smallest absolute Gasteiger partial charge is 0.302 e. The number of carbonyl (C=O) groups is 2. The molecule has 0 amide bonds. The summed E-state index contributed by atoms with van der Waals surface area (Å²) in [6, 6.07) is 0. The summed E-state index contributed by atoms with van der Waals surface area (Å²) >= 11 is 0. The molecule has 2 heterocycles. The monoisotopic (exact) mass is 858 g/mol. The maximum Gasteiger partial charge on any atom is 0.302 e. The molecule has 2 aliphatic heterocycles. The highest BCUT2D eigenvalue weighted by atomic mass is 28.4. The van der Waals surface area contributed by atoms with Crippen LogP contribution in [-0.4, -0.2) is 136 Å². The van der Waals surface area contributed by atoms with Crippen LogP contribution < -0.4 is 0 Å². The molecule has 53 heavy (non-hydrogen) atoms. The van der Waals surface area contributed by atoms with E-state index in [-0.39, 0.29) is 13.2 Å². The molecule has 0 radical (unpaired) electrons. The van der Waals surface area contributed by atoms with Crippen LogP contribution in [-0.2, 0) is 59.8 Å². The van der Waals surface area contributed by atoms with Gasteiger partial charge < -0.3 is 50.2 Å². The molecule has 0 aromatic carbocycles. The van der Waals surface area contributed by atoms with Gasteiger partial charge in [-0.15, -0.1) is 0 Å². The predicted molar refractivity (Wildman–Crippen MR) is 221 cm³/mol. The molecule has 2 fully saturated rings. The van der Waals surface area contributed by atoms with Gasteiger partial charge in [0.1, 0.15) is 62.0 Å². The Labute approximate surface area is 326 Å². The zero-order valence-electron chi connectivity index (χ0n) is 36.5. The second-order valence-corrected chi connectivity index (χ2v) is 46.8. The first-order valence-electron chi connectivity index (χ1n) is 18.9. The third-order valence-electron chi connectivity index (χ3n) is 7.29. The van der Waals surface area contributed by atoms with Gasteiger partial charge in [-0.05, 0) is 118 Å². The zero-order valence-corrected chi connectivity index (χ0v) is 42.5. The topological polar surface area (TPSA) is 136 Å². The fourth-order valence-electron chi connectivity index (χ4n) is 6.03. The van der Waals surface area contributed by atoms with Crippen LogP contribution >= 0.6 is 0 Å². The fourth-order valence-corrected chi connectivity index (χ4v) is 12.5. The van der Waals surface area contributed by atoms with Gasteiger partial charge in [-0.2, -0.15) is 0 Å². The Morgan fingerprint density at radius 3 is 0.849 bits per heavy atom. The third-order valence-corrected chi connectivity index (χ3v) is 13.2. The van der Waals surface area contributed by atoms with E-state index in [9.17, 15) is 9.59 Å². The van der Waals surface area contributed by atoms with E-state index in [1.54, 1.807) is 0 Å². The second kappa shape index (κ2) is 18.6. The number of esters is 2. The summed E-state index contributed by atoms with van der Waals surface area (Å²) in [6.45, 7) is 40.6. The molecule has 19 heteroatoms. The van der Waals surface area contributed by atoms with Crippen LogP contribution in [0.3, 0.4) is 0 Å². The number of rotatable bonds is 18. The molecule has 0 bridgehead atoms. The number of hydrogen-bond donors (Lipinski definition) is 0. The summed E-state index contributed by atoms with van der Waals surface area (Å²) in [4.78, 5) is 24.3. The van der Waals surface area contributed by atoms with Crippen LogP contribution in [0, 0.1) is 0 Å². The Hall–Kier alpha value is -0.119. The SMILES string of the molecule is CC(=O)OC[C@H]1O[C@H](O[C@H]2O[C@H](COC(C)=O)[C@@H](O[Si](C)(C)C)[C@H](O[Si](C)(C)C)[C@H]2O[Si](C)(C)C)[C@H](O[Si](C)(C)C)[C@@H](O[Si](C)(C)C)[C@@H]1O[Si](C)(C)C. The Morgan fingerprint density at radius 1 is 0.396 bits per heavy atom. The molecule has 312 valence electrons. The van der Waals surface area contributed by atoms with Crippen LogP contribution in [0.4, 0.5) is 0 Å². The van der Waals surface area contributed by atoms with Crippen molar-refractivity contribution in [2.75, 3.05) is 13.2 Å². The molecule has 0 aromatic heterocycles. The van der Waals surface area contributed by atoms with E-state index < -0.39 is 123 Å². The quantitative estimate of drug-likeness (QED) is 0.105. The molecule has 2 rings (SSSR count). The van der Waals surface area contributed by atoms with Crippen LogP contribution in [0.25, 0.3) is 0 Å². The standard InChI is InChI=1S/C34H74O13Si6/c1-23(35)37-21-25-27(42-48(3,4)5)29(44-50(9,10)11)31(46-52(15,16)17)33(39-25)41-34-32(47-53(18,19)20)30(45-51(12,13)14)28(43-49(6,7)8)26(40-34)22-38-24(2)36/h25-34H,21-22H2,1-20H3/t25-,26-,27-,28-,29+,30+,31-,32-,33-,34-/m1/s1. The lowest BCUT2D eigenvalue weighted by Gasteiger charge is -2.53. The minimum Gasteiger partial charge on any atom is -0.463 e. The fraction of sp³-hybridized carbons (Fsp3) is 0.941. The number of hydrogen-bond acceptors (Lipinski definition) is 13. The summed E-state index contributed by atoms with van der Waals surface area (Å²) in [6.07, 6.45) is -7.52. The van der Waals surface area contributed by atoms with E-state index in [2.05, 4.69) is 118 Å². The number of ether oxygens (including phenoxy) is 5. The summed E-state index contributed by atoms with van der Waals surface area (Å²) < 4.78 is 73.4. The van der Waals surface area contributed by atoms with Crippen LogP contribution in [0.2, 0.25) is 118 Å². The molecule has 0 aromatic rings. The van der Waals surface area contributed by atoms with Crippen molar-refractivity contribution in [3.63, 3.8) is 0 Å². The minimum atomic E-state index is -2.30. The highest BCUT2D eigenvalue weighted by Gasteiger charge is 2.57. The normalized spacial score (nSPS) is 30.9. The highest BCUT2D eigenvalue weighted by Crippen LogP contribution is 2.39. The molecule has 0 spiro atoms. The van der Waals surface area contributed by atoms with Crippen molar-refractivity contribution in [3.8, 4) is 0 Å². The van der Waals surface area contributed by atoms with Gasteiger partial charge in [0.15, 0.2) is 62.5 Å². The summed E-state index contributed by atoms with van der Waals surface area (Å²) in [5, 5.41) is 0. The van der Waals surface area contributed by atoms with Gasteiger partial charge in [-0.25, -0.2) is 0 Å². The van der Waals surface area contributed by atoms with Gasteiger partial charge in [0.05, 0.1) is 0 Å². The van der Waals surface area contributed by atoms with E-state index in [4.69, 9.17) is 50.2 Å². The Morgan fingerprint density at radius 2 is 0.623 bits per heavy atom. The summed E-state index contributed by atoms with van der Waals surface area (Å²) in [5.41, 5.74) is 0. The first kappa shape index (κ1) is 49.0. The molecule has 0 N–H and O–H groups in total. The summed E-state index contributed by atoms with van der Waals surface area (Å²) in [7, 11) is -13.5. The van der Waals surface area contributed by atoms with Crippen LogP contribution in [0.1, 0.15) is 13.8 Å². The van der Waals surface area contributed by atoms with Crippen LogP contribution in [0.15, 0.2) is 0 Å². The maximum atomic E-state index is 12.2. The molecular formula is C34H74O13Si6. The largest absolute Gasteiger partial charge is 0.463 e. The Kier molecular flexibility index (Phi) is 17.2. The second-order valence-electron chi connectivity index (χ2n) is 20.0. The lowest BCUT2D eigenvalue weighted by molar-refractivity contribution is -0.368. The molecule has 2 saturated heterocycles. The average Bonchev–Trinajstić information content (AvgIpc) is 2.89. The van der Waals surface area contributed by atoms with Gasteiger partial charge in [0, 0.05) is 13.8 Å². The van der Waals surface area contributed by atoms with Gasteiger partial charge in [-0.3, -0.25) is 9.59 Å². The van der Waals surface area contributed by atoms with E-state index in [1.165, 1.54) is 13.8 Å². The summed E-state index contributed by atoms with van der Waals surface area (Å²) in [5.74, 6) is -0.874. The van der Waals surface area contributed by atoms with E-state index in [1.807, 2.05) is 0 Å². The van der Waals surface area contributed by atoms with Gasteiger partial charge in [0.2, 0.25) is 0 Å². The minimum absolute atomic E-state index is 0.0709. The number of carbonyl (C=O) groups excluding carboxylic acids is 2. The lowest BCUT2D eigenvalue weighted by Crippen LogP contribution is -2.69. The third kappa shape index (κ3) is 18.3. The molecule has 13 nitrogen and oxygen atoms in total. The molecule has 0 unspecified atom stereocenters. The van der Waals surface area contributed by atoms with E-state index in [0.717, 1.165) is 0 Å². The molecule has 10 atom stereocenters. The Bertz CT molecular complexity index is 1100. The molecular weight excluding hydrogens is 785 g/mol. The highest BCUT2D eigenvalue weighted by molar-refractivity contribution is 6.71. The van der Waals surface area contributed by atoms with Crippen molar-refractivity contribution in [1.29, 1.82) is 0 Å². The average molecular weight is 859 g/mol. The van der Waals surface area contributed by atoms with Crippen molar-refractivity contribution in [3.05, 3.63) is 0 Å². The Balaban J connectivity index is 2.85. The molecule has 0 saturated carbocycles. The molecule has 2 aliphatic rings. The van der Waals surface area contributed by atoms with Crippen molar-refractivity contribution in [2.24, 2.45) is 0 Å². The van der Waals surface area contributed by atoms with Gasteiger partial charge in [-0.1, -0.05) is 0 Å². The lowest BCUT2D eigenvalue weighted by atomic mass is 9.98. The van der Waals surface area contributed by atoms with Crippen LogP contribution in [0.5, 0.6) is 0 Å². The van der Waals surface area contributed by atoms with Gasteiger partial charge >= 0.3 is 11.9 Å². The predicted octanol–water partition coefficient (Wildman–Crippen LogP) is 6.90. The van der Waals surface area contributed by atoms with Crippen molar-refractivity contribution >= 4 is 61.8 Å². The van der Waals surface area contributed by atoms with Crippen molar-refractivity contribution in [2.45, 2.75) is 193 Å². The first-order chi connectivity index (χ1) is 23.6. The van der Waals surface area contributed by atoms with Crippen molar-refractivity contribution < 1.29 is 59.8 Å². The first-order valence-corrected chi connectivity index (χ1v) is 39.4. The van der Waals surface area contributed by atoms with Crippen molar-refractivity contribution in [1.82, 2.24) is 0 Å². The van der Waals surface area contributed by atoms with E-state index in [0.29, 0.717) is 0 Å². The van der Waals surface area contributed by atoms with E-state index >= 15 is 0 Å². The van der Waals surface area contributed by atoms with Gasteiger partial charge in [0.25, 0.3) is 0 Å². The zero-order chi connectivity index (χ0) is 41.1. The molecule has 0 aliphatic carbocycles.